The standard InChI is InChI=1S/C20H24N2O6S/c1-15-6-2-3-10-22(15)29(25,26)18-9-4-7-16(12-18)20(24)28-14-19(23)21-13-17-8-5-11-27-17/h4-5,7-9,11-12,15H,2-3,6,10,13-14H2,1H3,(H,21,23)/t15-/m0/s1. The monoisotopic (exact) mass is 420 g/mol. The fourth-order valence-electron chi connectivity index (χ4n) is 3.21. The number of nitrogens with one attached hydrogen (secondary N) is 1. The lowest BCUT2D eigenvalue weighted by Crippen LogP contribution is -2.41. The Morgan fingerprint density at radius 3 is 2.79 bits per heavy atom. The Morgan fingerprint density at radius 2 is 2.07 bits per heavy atom. The van der Waals surface area contributed by atoms with Gasteiger partial charge in [-0.05, 0) is 50.1 Å². The zero-order valence-corrected chi connectivity index (χ0v) is 17.0. The van der Waals surface area contributed by atoms with Crippen LogP contribution in [0.3, 0.4) is 0 Å². The lowest BCUT2D eigenvalue weighted by Gasteiger charge is -2.32. The summed E-state index contributed by atoms with van der Waals surface area (Å²) in [7, 11) is -3.70. The molecule has 1 atom stereocenters. The Bertz CT molecular complexity index is 955. The number of hydrogen-bond acceptors (Lipinski definition) is 6. The lowest BCUT2D eigenvalue weighted by atomic mass is 10.1. The van der Waals surface area contributed by atoms with Crippen LogP contribution in [0.2, 0.25) is 0 Å². The van der Waals surface area contributed by atoms with Crippen LogP contribution in [0.15, 0.2) is 52.0 Å². The molecule has 0 aliphatic carbocycles. The predicted molar refractivity (Wildman–Crippen MR) is 104 cm³/mol. The third-order valence-electron chi connectivity index (χ3n) is 4.79. The number of esters is 1. The molecule has 3 rings (SSSR count). The molecular formula is C20H24N2O6S. The molecule has 2 heterocycles. The molecule has 8 nitrogen and oxygen atoms in total. The van der Waals surface area contributed by atoms with Gasteiger partial charge in [0.1, 0.15) is 5.76 Å². The molecule has 1 aromatic carbocycles. The van der Waals surface area contributed by atoms with E-state index in [2.05, 4.69) is 5.32 Å². The summed E-state index contributed by atoms with van der Waals surface area (Å²) < 4.78 is 37.5. The maximum absolute atomic E-state index is 12.9. The van der Waals surface area contributed by atoms with Gasteiger partial charge >= 0.3 is 5.97 Å². The Balaban J connectivity index is 1.61. The first kappa shape index (κ1) is 21.1. The van der Waals surface area contributed by atoms with Crippen LogP contribution in [-0.2, 0) is 26.1 Å². The molecule has 156 valence electrons. The van der Waals surface area contributed by atoms with E-state index in [1.54, 1.807) is 12.1 Å². The number of ether oxygens (including phenoxy) is 1. The number of piperidine rings is 1. The van der Waals surface area contributed by atoms with Crippen LogP contribution in [-0.4, -0.2) is 43.8 Å². The second-order valence-corrected chi connectivity index (χ2v) is 8.81. The Labute approximate surface area is 169 Å². The summed E-state index contributed by atoms with van der Waals surface area (Å²) in [4.78, 5) is 24.1. The SMILES string of the molecule is C[C@H]1CCCCN1S(=O)(=O)c1cccc(C(=O)OCC(=O)NCc2ccco2)c1. The molecule has 1 fully saturated rings. The molecule has 1 aromatic heterocycles. The van der Waals surface area contributed by atoms with E-state index < -0.39 is 28.5 Å². The van der Waals surface area contributed by atoms with E-state index >= 15 is 0 Å². The van der Waals surface area contributed by atoms with Gasteiger partial charge in [0.25, 0.3) is 5.91 Å². The molecule has 1 N–H and O–H groups in total. The highest BCUT2D eigenvalue weighted by Crippen LogP contribution is 2.25. The van der Waals surface area contributed by atoms with E-state index in [1.165, 1.54) is 34.8 Å². The van der Waals surface area contributed by atoms with Gasteiger partial charge in [-0.3, -0.25) is 4.79 Å². The highest BCUT2D eigenvalue weighted by molar-refractivity contribution is 7.89. The highest BCUT2D eigenvalue weighted by atomic mass is 32.2. The number of rotatable bonds is 7. The number of furan rings is 1. The van der Waals surface area contributed by atoms with Crippen molar-refractivity contribution in [2.75, 3.05) is 13.2 Å². The Morgan fingerprint density at radius 1 is 1.24 bits per heavy atom. The smallest absolute Gasteiger partial charge is 0.338 e. The number of amides is 1. The van der Waals surface area contributed by atoms with Gasteiger partial charge in [-0.25, -0.2) is 13.2 Å². The first-order chi connectivity index (χ1) is 13.9. The Hall–Kier alpha value is -2.65. The summed E-state index contributed by atoms with van der Waals surface area (Å²) in [6, 6.07) is 9.04. The maximum atomic E-state index is 12.9. The quantitative estimate of drug-likeness (QED) is 0.689. The van der Waals surface area contributed by atoms with Gasteiger partial charge in [0.2, 0.25) is 10.0 Å². The summed E-state index contributed by atoms with van der Waals surface area (Å²) in [6.07, 6.45) is 4.13. The molecule has 9 heteroatoms. The molecular weight excluding hydrogens is 396 g/mol. The minimum atomic E-state index is -3.70. The molecule has 2 aromatic rings. The van der Waals surface area contributed by atoms with Gasteiger partial charge in [-0.2, -0.15) is 4.31 Å². The normalized spacial score (nSPS) is 17.6. The number of carbonyl (C=O) groups excluding carboxylic acids is 2. The van der Waals surface area contributed by atoms with Crippen molar-refractivity contribution >= 4 is 21.9 Å². The number of sulfonamides is 1. The summed E-state index contributed by atoms with van der Waals surface area (Å²) in [6.45, 7) is 2.06. The molecule has 0 radical (unpaired) electrons. The fourth-order valence-corrected chi connectivity index (χ4v) is 4.96. The van der Waals surface area contributed by atoms with Crippen LogP contribution >= 0.6 is 0 Å². The van der Waals surface area contributed by atoms with Gasteiger partial charge in [0.15, 0.2) is 6.61 Å². The van der Waals surface area contributed by atoms with Crippen molar-refractivity contribution in [1.29, 1.82) is 0 Å². The number of hydrogen-bond donors (Lipinski definition) is 1. The minimum absolute atomic E-state index is 0.0444. The zero-order valence-electron chi connectivity index (χ0n) is 16.2. The topological polar surface area (TPSA) is 106 Å². The number of carbonyl (C=O) groups is 2. The van der Waals surface area contributed by atoms with Gasteiger partial charge < -0.3 is 14.5 Å². The van der Waals surface area contributed by atoms with E-state index in [0.717, 1.165) is 19.3 Å². The molecule has 0 spiro atoms. The van der Waals surface area contributed by atoms with Gasteiger partial charge in [-0.15, -0.1) is 0 Å². The molecule has 0 saturated carbocycles. The van der Waals surface area contributed by atoms with E-state index in [1.807, 2.05) is 6.92 Å². The maximum Gasteiger partial charge on any atom is 0.338 e. The van der Waals surface area contributed by atoms with Crippen LogP contribution in [0, 0.1) is 0 Å². The van der Waals surface area contributed by atoms with Crippen molar-refractivity contribution in [2.45, 2.75) is 43.7 Å². The van der Waals surface area contributed by atoms with Crippen molar-refractivity contribution in [3.63, 3.8) is 0 Å². The predicted octanol–water partition coefficient (Wildman–Crippen LogP) is 2.32. The van der Waals surface area contributed by atoms with E-state index in [0.29, 0.717) is 12.3 Å². The van der Waals surface area contributed by atoms with E-state index in [9.17, 15) is 18.0 Å². The average molecular weight is 420 g/mol. The second kappa shape index (κ2) is 9.23. The van der Waals surface area contributed by atoms with Crippen molar-refractivity contribution < 1.29 is 27.2 Å². The molecule has 1 saturated heterocycles. The van der Waals surface area contributed by atoms with Gasteiger partial charge in [0, 0.05) is 12.6 Å². The summed E-state index contributed by atoms with van der Waals surface area (Å²) >= 11 is 0. The molecule has 1 aliphatic rings. The lowest BCUT2D eigenvalue weighted by molar-refractivity contribution is -0.124. The van der Waals surface area contributed by atoms with Crippen LogP contribution < -0.4 is 5.32 Å². The van der Waals surface area contributed by atoms with Gasteiger partial charge in [0.05, 0.1) is 23.3 Å². The van der Waals surface area contributed by atoms with E-state index in [4.69, 9.17) is 9.15 Å². The second-order valence-electron chi connectivity index (χ2n) is 6.92. The third-order valence-corrected chi connectivity index (χ3v) is 6.80. The first-order valence-electron chi connectivity index (χ1n) is 9.46. The summed E-state index contributed by atoms with van der Waals surface area (Å²) in [5.74, 6) is -0.669. The molecule has 1 aliphatic heterocycles. The van der Waals surface area contributed by atoms with Crippen LogP contribution in [0.5, 0.6) is 0 Å². The summed E-state index contributed by atoms with van der Waals surface area (Å²) in [5, 5.41) is 2.56. The van der Waals surface area contributed by atoms with Crippen molar-refractivity contribution in [2.24, 2.45) is 0 Å². The van der Waals surface area contributed by atoms with Crippen LogP contribution in [0.25, 0.3) is 0 Å². The minimum Gasteiger partial charge on any atom is -0.467 e. The van der Waals surface area contributed by atoms with Crippen LogP contribution in [0.4, 0.5) is 0 Å². The molecule has 0 unspecified atom stereocenters. The van der Waals surface area contributed by atoms with Crippen molar-refractivity contribution in [3.8, 4) is 0 Å². The van der Waals surface area contributed by atoms with Crippen LogP contribution in [0.1, 0.15) is 42.3 Å². The fraction of sp³-hybridized carbons (Fsp3) is 0.400. The number of nitrogens with zero attached hydrogens (tertiary/aromatic N) is 1. The van der Waals surface area contributed by atoms with E-state index in [-0.39, 0.29) is 23.0 Å². The average Bonchev–Trinajstić information content (AvgIpc) is 3.24. The first-order valence-corrected chi connectivity index (χ1v) is 10.9. The highest BCUT2D eigenvalue weighted by Gasteiger charge is 2.31. The molecule has 29 heavy (non-hydrogen) atoms. The largest absolute Gasteiger partial charge is 0.467 e. The number of benzene rings is 1. The zero-order chi connectivity index (χ0) is 20.9. The van der Waals surface area contributed by atoms with Gasteiger partial charge in [-0.1, -0.05) is 12.5 Å². The van der Waals surface area contributed by atoms with Crippen molar-refractivity contribution in [3.05, 3.63) is 54.0 Å². The third kappa shape index (κ3) is 5.24. The Kier molecular flexibility index (Phi) is 6.71. The van der Waals surface area contributed by atoms with Crippen molar-refractivity contribution in [1.82, 2.24) is 9.62 Å². The molecule has 1 amide bonds. The summed E-state index contributed by atoms with van der Waals surface area (Å²) in [5.41, 5.74) is 0.0783. The molecule has 0 bridgehead atoms.